The fourth-order valence-electron chi connectivity index (χ4n) is 2.48. The summed E-state index contributed by atoms with van der Waals surface area (Å²) >= 11 is 2.10. The summed E-state index contributed by atoms with van der Waals surface area (Å²) in [6.07, 6.45) is 6.22. The Balaban J connectivity index is 1.98. The van der Waals surface area contributed by atoms with Gasteiger partial charge in [-0.3, -0.25) is 0 Å². The van der Waals surface area contributed by atoms with Gasteiger partial charge in [-0.1, -0.05) is 6.42 Å². The highest BCUT2D eigenvalue weighted by molar-refractivity contribution is 7.99. The summed E-state index contributed by atoms with van der Waals surface area (Å²) < 4.78 is 7.44. The number of imidazole rings is 1. The fraction of sp³-hybridized carbons (Fsp3) is 0.786. The monoisotopic (exact) mass is 283 g/mol. The van der Waals surface area contributed by atoms with Gasteiger partial charge in [-0.25, -0.2) is 4.98 Å². The minimum absolute atomic E-state index is 0.282. The van der Waals surface area contributed by atoms with Gasteiger partial charge in [-0.15, -0.1) is 0 Å². The molecule has 2 rings (SSSR count). The molecule has 0 spiro atoms. The number of nitrogens with zero attached hydrogens (tertiary/aromatic N) is 2. The van der Waals surface area contributed by atoms with Crippen molar-refractivity contribution in [3.8, 4) is 0 Å². The maximum absolute atomic E-state index is 5.17. The van der Waals surface area contributed by atoms with Crippen LogP contribution in [0.25, 0.3) is 0 Å². The van der Waals surface area contributed by atoms with Crippen LogP contribution < -0.4 is 5.32 Å². The van der Waals surface area contributed by atoms with Crippen molar-refractivity contribution in [1.29, 1.82) is 0 Å². The Morgan fingerprint density at radius 1 is 1.58 bits per heavy atom. The predicted octanol–water partition coefficient (Wildman–Crippen LogP) is 2.92. The van der Waals surface area contributed by atoms with E-state index in [0.717, 1.165) is 23.4 Å². The van der Waals surface area contributed by atoms with Crippen LogP contribution in [0.5, 0.6) is 0 Å². The molecule has 2 unspecified atom stereocenters. The first kappa shape index (κ1) is 14.7. The number of methoxy groups -OCH3 is 1. The highest BCUT2D eigenvalue weighted by atomic mass is 32.2. The number of thioether (sulfide) groups is 1. The Morgan fingerprint density at radius 3 is 3.11 bits per heavy atom. The lowest BCUT2D eigenvalue weighted by Gasteiger charge is -2.23. The topological polar surface area (TPSA) is 39.1 Å². The van der Waals surface area contributed by atoms with E-state index < -0.39 is 0 Å². The van der Waals surface area contributed by atoms with Gasteiger partial charge in [0.2, 0.25) is 5.95 Å². The third-order valence-electron chi connectivity index (χ3n) is 3.36. The normalized spacial score (nSPS) is 21.3. The van der Waals surface area contributed by atoms with Crippen LogP contribution in [0.1, 0.15) is 31.9 Å². The Morgan fingerprint density at radius 2 is 2.42 bits per heavy atom. The molecule has 1 aromatic heterocycles. The van der Waals surface area contributed by atoms with Gasteiger partial charge in [0.1, 0.15) is 0 Å². The zero-order valence-corrected chi connectivity index (χ0v) is 13.0. The number of rotatable bonds is 6. The van der Waals surface area contributed by atoms with Crippen LogP contribution in [-0.4, -0.2) is 40.3 Å². The predicted molar refractivity (Wildman–Crippen MR) is 82.0 cm³/mol. The summed E-state index contributed by atoms with van der Waals surface area (Å²) in [5, 5.41) is 4.18. The van der Waals surface area contributed by atoms with Crippen molar-refractivity contribution >= 4 is 17.7 Å². The molecule has 0 bridgehead atoms. The second-order valence-electron chi connectivity index (χ2n) is 5.35. The molecule has 1 saturated heterocycles. The van der Waals surface area contributed by atoms with E-state index in [4.69, 9.17) is 4.74 Å². The van der Waals surface area contributed by atoms with Crippen molar-refractivity contribution in [2.24, 2.45) is 0 Å². The van der Waals surface area contributed by atoms with E-state index in [0.29, 0.717) is 6.61 Å². The number of aromatic nitrogens is 2. The standard InChI is InChI=1S/C14H25N3OS/c1-11-8-17(9-13-6-4-5-7-19-13)14(15-11)16-12(2)10-18-3/h8,12-13H,4-7,9-10H2,1-3H3,(H,15,16). The summed E-state index contributed by atoms with van der Waals surface area (Å²) in [7, 11) is 1.73. The molecule has 1 aromatic rings. The first-order valence-electron chi connectivity index (χ1n) is 7.10. The molecule has 1 aliphatic rings. The molecule has 0 saturated carbocycles. The minimum Gasteiger partial charge on any atom is -0.383 e. The second-order valence-corrected chi connectivity index (χ2v) is 6.76. The number of anilines is 1. The molecule has 1 N–H and O–H groups in total. The Bertz CT molecular complexity index is 388. The summed E-state index contributed by atoms with van der Waals surface area (Å²) in [4.78, 5) is 4.59. The molecule has 0 amide bonds. The van der Waals surface area contributed by atoms with Gasteiger partial charge < -0.3 is 14.6 Å². The fourth-order valence-corrected chi connectivity index (χ4v) is 3.79. The van der Waals surface area contributed by atoms with Gasteiger partial charge >= 0.3 is 0 Å². The SMILES string of the molecule is COCC(C)Nc1nc(C)cn1CC1CCCCS1. The van der Waals surface area contributed by atoms with E-state index in [1.807, 2.05) is 0 Å². The van der Waals surface area contributed by atoms with Gasteiger partial charge in [0.25, 0.3) is 0 Å². The van der Waals surface area contributed by atoms with Crippen molar-refractivity contribution in [2.45, 2.75) is 50.9 Å². The summed E-state index contributed by atoms with van der Waals surface area (Å²) in [6, 6.07) is 0.282. The van der Waals surface area contributed by atoms with Gasteiger partial charge in [-0.05, 0) is 32.4 Å². The van der Waals surface area contributed by atoms with Gasteiger partial charge in [-0.2, -0.15) is 11.8 Å². The number of hydrogen-bond donors (Lipinski definition) is 1. The van der Waals surface area contributed by atoms with Crippen LogP contribution in [0, 0.1) is 6.92 Å². The van der Waals surface area contributed by atoms with Gasteiger partial charge in [0.15, 0.2) is 0 Å². The Labute approximate surface area is 120 Å². The number of hydrogen-bond acceptors (Lipinski definition) is 4. The molecule has 19 heavy (non-hydrogen) atoms. The van der Waals surface area contributed by atoms with Crippen LogP contribution >= 0.6 is 11.8 Å². The molecular formula is C14H25N3OS. The average molecular weight is 283 g/mol. The molecule has 2 heterocycles. The molecule has 0 radical (unpaired) electrons. The molecule has 2 atom stereocenters. The minimum atomic E-state index is 0.282. The molecular weight excluding hydrogens is 258 g/mol. The highest BCUT2D eigenvalue weighted by Crippen LogP contribution is 2.27. The van der Waals surface area contributed by atoms with Crippen molar-refractivity contribution in [2.75, 3.05) is 24.8 Å². The van der Waals surface area contributed by atoms with Crippen LogP contribution in [0.4, 0.5) is 5.95 Å². The van der Waals surface area contributed by atoms with Crippen LogP contribution in [-0.2, 0) is 11.3 Å². The summed E-state index contributed by atoms with van der Waals surface area (Å²) in [6.45, 7) is 5.93. The van der Waals surface area contributed by atoms with Crippen LogP contribution in [0.3, 0.4) is 0 Å². The molecule has 4 nitrogen and oxygen atoms in total. The first-order chi connectivity index (χ1) is 9.19. The van der Waals surface area contributed by atoms with E-state index in [2.05, 4.69) is 46.7 Å². The van der Waals surface area contributed by atoms with Crippen LogP contribution in [0.15, 0.2) is 6.20 Å². The maximum atomic E-state index is 5.17. The van der Waals surface area contributed by atoms with Gasteiger partial charge in [0.05, 0.1) is 12.3 Å². The van der Waals surface area contributed by atoms with E-state index in [-0.39, 0.29) is 6.04 Å². The Kier molecular flexibility index (Phi) is 5.58. The lowest BCUT2D eigenvalue weighted by atomic mass is 10.2. The second kappa shape index (κ2) is 7.20. The van der Waals surface area contributed by atoms with Crippen molar-refractivity contribution in [3.63, 3.8) is 0 Å². The third-order valence-corrected chi connectivity index (χ3v) is 4.74. The number of aryl methyl sites for hydroxylation is 1. The molecule has 0 aliphatic carbocycles. The van der Waals surface area contributed by atoms with Crippen LogP contribution in [0.2, 0.25) is 0 Å². The lowest BCUT2D eigenvalue weighted by Crippen LogP contribution is -2.25. The lowest BCUT2D eigenvalue weighted by molar-refractivity contribution is 0.190. The largest absolute Gasteiger partial charge is 0.383 e. The zero-order valence-electron chi connectivity index (χ0n) is 12.2. The molecule has 5 heteroatoms. The van der Waals surface area contributed by atoms with E-state index in [1.54, 1.807) is 7.11 Å². The van der Waals surface area contributed by atoms with Gasteiger partial charge in [0, 0.05) is 31.1 Å². The van der Waals surface area contributed by atoms with Crippen molar-refractivity contribution in [3.05, 3.63) is 11.9 Å². The molecule has 1 aliphatic heterocycles. The molecule has 108 valence electrons. The average Bonchev–Trinajstić information content (AvgIpc) is 2.71. The van der Waals surface area contributed by atoms with Crippen molar-refractivity contribution in [1.82, 2.24) is 9.55 Å². The quantitative estimate of drug-likeness (QED) is 0.871. The smallest absolute Gasteiger partial charge is 0.203 e. The maximum Gasteiger partial charge on any atom is 0.203 e. The highest BCUT2D eigenvalue weighted by Gasteiger charge is 2.17. The molecule has 0 aromatic carbocycles. The number of nitrogens with one attached hydrogen (secondary N) is 1. The first-order valence-corrected chi connectivity index (χ1v) is 8.14. The summed E-state index contributed by atoms with van der Waals surface area (Å²) in [5.74, 6) is 2.29. The zero-order chi connectivity index (χ0) is 13.7. The molecule has 1 fully saturated rings. The van der Waals surface area contributed by atoms with Crippen molar-refractivity contribution < 1.29 is 4.74 Å². The van der Waals surface area contributed by atoms with E-state index in [9.17, 15) is 0 Å². The van der Waals surface area contributed by atoms with E-state index in [1.165, 1.54) is 25.0 Å². The summed E-state index contributed by atoms with van der Waals surface area (Å²) in [5.41, 5.74) is 1.08. The van der Waals surface area contributed by atoms with E-state index >= 15 is 0 Å². The Hall–Kier alpha value is -0.680. The third kappa shape index (κ3) is 4.42. The number of ether oxygens (including phenoxy) is 1.